The van der Waals surface area contributed by atoms with E-state index >= 15 is 0 Å². The first-order chi connectivity index (χ1) is 15.5. The summed E-state index contributed by atoms with van der Waals surface area (Å²) in [4.78, 5) is 33.1. The van der Waals surface area contributed by atoms with E-state index in [2.05, 4.69) is 15.1 Å². The van der Waals surface area contributed by atoms with E-state index in [1.165, 1.54) is 11.9 Å². The van der Waals surface area contributed by atoms with Crippen LogP contribution in [0.3, 0.4) is 0 Å². The lowest BCUT2D eigenvalue weighted by Gasteiger charge is -2.19. The Hall–Kier alpha value is -3.77. The molecule has 1 aliphatic heterocycles. The van der Waals surface area contributed by atoms with E-state index in [9.17, 15) is 9.59 Å². The lowest BCUT2D eigenvalue weighted by molar-refractivity contribution is -0.130. The number of rotatable bonds is 3. The molecule has 0 fully saturated rings. The number of carbonyl (C=O) groups is 1. The van der Waals surface area contributed by atoms with Crippen molar-refractivity contribution in [3.8, 4) is 11.1 Å². The van der Waals surface area contributed by atoms with Gasteiger partial charge in [-0.3, -0.25) is 14.6 Å². The molecule has 7 heteroatoms. The van der Waals surface area contributed by atoms with E-state index in [-0.39, 0.29) is 17.5 Å². The first kappa shape index (κ1) is 20.2. The third-order valence-corrected chi connectivity index (χ3v) is 5.82. The predicted octanol–water partition coefficient (Wildman–Crippen LogP) is 4.94. The zero-order chi connectivity index (χ0) is 22.2. The van der Waals surface area contributed by atoms with E-state index in [1.807, 2.05) is 54.6 Å². The van der Waals surface area contributed by atoms with Crippen LogP contribution in [0.4, 0.5) is 0 Å². The Morgan fingerprint density at radius 2 is 1.84 bits per heavy atom. The Morgan fingerprint density at radius 1 is 1.06 bits per heavy atom. The third kappa shape index (κ3) is 3.48. The molecule has 2 aromatic carbocycles. The lowest BCUT2D eigenvalue weighted by Crippen LogP contribution is -2.24. The summed E-state index contributed by atoms with van der Waals surface area (Å²) >= 11 is 6.18. The molecule has 0 radical (unpaired) electrons. The molecular weight excluding hydrogens is 424 g/mol. The standard InChI is InChI=1S/C25H19ClN4O2/c1-15(31)30-22(19-9-5-6-12-27-19)14-21(29-30)24-23(16-7-3-2-4-8-16)18-11-10-17(26)13-20(18)28-25(24)32/h2-13,22H,14H2,1H3,(H,28,32)/t22-/m1/s1. The van der Waals surface area contributed by atoms with Crippen molar-refractivity contribution in [2.45, 2.75) is 19.4 Å². The fourth-order valence-electron chi connectivity index (χ4n) is 4.21. The van der Waals surface area contributed by atoms with Crippen molar-refractivity contribution in [2.75, 3.05) is 0 Å². The van der Waals surface area contributed by atoms with Crippen molar-refractivity contribution in [3.05, 3.63) is 99.6 Å². The number of halogens is 1. The number of hydrazone groups is 1. The largest absolute Gasteiger partial charge is 0.321 e. The Balaban J connectivity index is 1.75. The molecular formula is C25H19ClN4O2. The maximum absolute atomic E-state index is 13.3. The van der Waals surface area contributed by atoms with Crippen molar-refractivity contribution >= 4 is 34.1 Å². The maximum Gasteiger partial charge on any atom is 0.258 e. The quantitative estimate of drug-likeness (QED) is 0.488. The monoisotopic (exact) mass is 442 g/mol. The Labute approximate surface area is 189 Å². The molecule has 32 heavy (non-hydrogen) atoms. The molecule has 0 aliphatic carbocycles. The molecule has 5 rings (SSSR count). The molecule has 0 bridgehead atoms. The topological polar surface area (TPSA) is 78.4 Å². The molecule has 3 heterocycles. The number of carbonyl (C=O) groups excluding carboxylic acids is 1. The second kappa shape index (κ2) is 8.05. The van der Waals surface area contributed by atoms with Crippen LogP contribution in [0.15, 0.2) is 82.8 Å². The molecule has 1 amide bonds. The molecule has 1 N–H and O–H groups in total. The summed E-state index contributed by atoms with van der Waals surface area (Å²) in [5.41, 5.74) is 3.76. The minimum atomic E-state index is -0.368. The number of benzene rings is 2. The minimum Gasteiger partial charge on any atom is -0.321 e. The minimum absolute atomic E-state index is 0.207. The van der Waals surface area contributed by atoms with Gasteiger partial charge in [-0.2, -0.15) is 5.10 Å². The number of aromatic amines is 1. The Kier molecular flexibility index (Phi) is 5.07. The summed E-state index contributed by atoms with van der Waals surface area (Å²) in [5.74, 6) is -0.207. The average Bonchev–Trinajstić information content (AvgIpc) is 3.24. The van der Waals surface area contributed by atoms with Crippen LogP contribution in [-0.2, 0) is 4.79 Å². The second-order valence-electron chi connectivity index (χ2n) is 7.64. The first-order valence-electron chi connectivity index (χ1n) is 10.2. The second-order valence-corrected chi connectivity index (χ2v) is 8.08. The fourth-order valence-corrected chi connectivity index (χ4v) is 4.38. The van der Waals surface area contributed by atoms with Gasteiger partial charge in [-0.25, -0.2) is 5.01 Å². The first-order valence-corrected chi connectivity index (χ1v) is 10.6. The van der Waals surface area contributed by atoms with Gasteiger partial charge in [-0.05, 0) is 29.8 Å². The molecule has 1 atom stereocenters. The number of H-pyrrole nitrogens is 1. The molecule has 0 saturated heterocycles. The number of nitrogens with one attached hydrogen (secondary N) is 1. The van der Waals surface area contributed by atoms with E-state index in [1.54, 1.807) is 18.3 Å². The van der Waals surface area contributed by atoms with Crippen molar-refractivity contribution < 1.29 is 4.79 Å². The van der Waals surface area contributed by atoms with E-state index < -0.39 is 0 Å². The van der Waals surface area contributed by atoms with Gasteiger partial charge in [-0.15, -0.1) is 0 Å². The van der Waals surface area contributed by atoms with Crippen molar-refractivity contribution in [3.63, 3.8) is 0 Å². The van der Waals surface area contributed by atoms with Crippen LogP contribution in [0.5, 0.6) is 0 Å². The van der Waals surface area contributed by atoms with Gasteiger partial charge in [0.2, 0.25) is 5.91 Å². The van der Waals surface area contributed by atoms with Crippen LogP contribution < -0.4 is 5.56 Å². The average molecular weight is 443 g/mol. The predicted molar refractivity (Wildman–Crippen MR) is 126 cm³/mol. The summed E-state index contributed by atoms with van der Waals surface area (Å²) < 4.78 is 0. The van der Waals surface area contributed by atoms with Crippen molar-refractivity contribution in [1.29, 1.82) is 0 Å². The van der Waals surface area contributed by atoms with Crippen LogP contribution in [0.25, 0.3) is 22.0 Å². The highest BCUT2D eigenvalue weighted by molar-refractivity contribution is 6.31. The van der Waals surface area contributed by atoms with Crippen LogP contribution in [0.1, 0.15) is 30.6 Å². The van der Waals surface area contributed by atoms with Gasteiger partial charge >= 0.3 is 0 Å². The van der Waals surface area contributed by atoms with Gasteiger partial charge in [0, 0.05) is 35.5 Å². The maximum atomic E-state index is 13.3. The fraction of sp³-hybridized carbons (Fsp3) is 0.120. The van der Waals surface area contributed by atoms with Gasteiger partial charge in [0.1, 0.15) is 6.04 Å². The van der Waals surface area contributed by atoms with E-state index in [4.69, 9.17) is 11.6 Å². The number of pyridine rings is 2. The zero-order valence-electron chi connectivity index (χ0n) is 17.2. The molecule has 0 spiro atoms. The molecule has 4 aromatic rings. The van der Waals surface area contributed by atoms with Crippen molar-refractivity contribution in [1.82, 2.24) is 15.0 Å². The highest BCUT2D eigenvalue weighted by atomic mass is 35.5. The SMILES string of the molecule is CC(=O)N1N=C(c2c(-c3ccccc3)c3ccc(Cl)cc3[nH]c2=O)C[C@@H]1c1ccccn1. The molecule has 1 aliphatic rings. The third-order valence-electron chi connectivity index (χ3n) is 5.59. The molecule has 158 valence electrons. The summed E-state index contributed by atoms with van der Waals surface area (Å²) in [6.45, 7) is 1.47. The van der Waals surface area contributed by atoms with Crippen LogP contribution in [0, 0.1) is 0 Å². The van der Waals surface area contributed by atoms with Crippen molar-refractivity contribution in [2.24, 2.45) is 5.10 Å². The molecule has 0 unspecified atom stereocenters. The van der Waals surface area contributed by atoms with Gasteiger partial charge < -0.3 is 4.98 Å². The van der Waals surface area contributed by atoms with Crippen LogP contribution in [-0.4, -0.2) is 26.6 Å². The lowest BCUT2D eigenvalue weighted by atomic mass is 9.91. The smallest absolute Gasteiger partial charge is 0.258 e. The highest BCUT2D eigenvalue weighted by Gasteiger charge is 2.34. The van der Waals surface area contributed by atoms with Gasteiger partial charge in [0.05, 0.1) is 22.5 Å². The number of hydrogen-bond acceptors (Lipinski definition) is 4. The summed E-state index contributed by atoms with van der Waals surface area (Å²) in [6, 6.07) is 20.3. The molecule has 2 aromatic heterocycles. The van der Waals surface area contributed by atoms with Gasteiger partial charge in [0.25, 0.3) is 5.56 Å². The number of aromatic nitrogens is 2. The number of hydrogen-bond donors (Lipinski definition) is 1. The zero-order valence-corrected chi connectivity index (χ0v) is 18.0. The number of amides is 1. The van der Waals surface area contributed by atoms with E-state index in [0.717, 1.165) is 22.2 Å². The summed E-state index contributed by atoms with van der Waals surface area (Å²) in [6.07, 6.45) is 2.08. The number of fused-ring (bicyclic) bond motifs is 1. The molecule has 0 saturated carbocycles. The summed E-state index contributed by atoms with van der Waals surface area (Å²) in [7, 11) is 0. The van der Waals surface area contributed by atoms with Crippen LogP contribution in [0.2, 0.25) is 5.02 Å². The van der Waals surface area contributed by atoms with Crippen LogP contribution >= 0.6 is 11.6 Å². The molecule has 6 nitrogen and oxygen atoms in total. The van der Waals surface area contributed by atoms with Gasteiger partial charge in [-0.1, -0.05) is 54.1 Å². The summed E-state index contributed by atoms with van der Waals surface area (Å²) in [5, 5.41) is 7.41. The Bertz CT molecular complexity index is 1410. The van der Waals surface area contributed by atoms with E-state index in [0.29, 0.717) is 28.2 Å². The van der Waals surface area contributed by atoms with Gasteiger partial charge in [0.15, 0.2) is 0 Å². The normalized spacial score (nSPS) is 15.8. The highest BCUT2D eigenvalue weighted by Crippen LogP contribution is 2.36. The Morgan fingerprint density at radius 3 is 2.56 bits per heavy atom. The number of nitrogens with zero attached hydrogens (tertiary/aromatic N) is 3.